The first-order valence-corrected chi connectivity index (χ1v) is 4.32. The molecule has 0 atom stereocenters. The second kappa shape index (κ2) is 5.70. The van der Waals surface area contributed by atoms with Crippen LogP contribution < -0.4 is 5.73 Å². The van der Waals surface area contributed by atoms with Gasteiger partial charge in [-0.05, 0) is 30.7 Å². The van der Waals surface area contributed by atoms with Crippen molar-refractivity contribution in [2.24, 2.45) is 0 Å². The van der Waals surface area contributed by atoms with E-state index in [1.807, 2.05) is 31.2 Å². The Hall–Kier alpha value is -1.90. The topological polar surface area (TPSA) is 51.8 Å². The maximum Gasteiger partial charge on any atom is 0.0530 e. The molecule has 0 amide bonds. The Morgan fingerprint density at radius 2 is 1.71 bits per heavy atom. The summed E-state index contributed by atoms with van der Waals surface area (Å²) in [5.74, 6) is 0. The van der Waals surface area contributed by atoms with E-state index in [0.717, 1.165) is 11.3 Å². The van der Waals surface area contributed by atoms with Gasteiger partial charge >= 0.3 is 0 Å². The van der Waals surface area contributed by atoms with Crippen LogP contribution in [0.3, 0.4) is 0 Å². The monoisotopic (exact) mass is 187 g/mol. The molecule has 0 aliphatic rings. The van der Waals surface area contributed by atoms with Crippen LogP contribution in [0.15, 0.2) is 49.1 Å². The van der Waals surface area contributed by atoms with Crippen molar-refractivity contribution in [3.8, 4) is 0 Å². The normalized spacial score (nSPS) is 8.64. The number of hydrogen-bond acceptors (Lipinski definition) is 3. The third kappa shape index (κ3) is 3.67. The molecule has 0 spiro atoms. The van der Waals surface area contributed by atoms with Crippen molar-refractivity contribution in [1.82, 2.24) is 9.97 Å². The highest BCUT2D eigenvalue weighted by molar-refractivity contribution is 5.42. The van der Waals surface area contributed by atoms with Crippen LogP contribution in [0.4, 0.5) is 5.69 Å². The fourth-order valence-electron chi connectivity index (χ4n) is 0.789. The smallest absolute Gasteiger partial charge is 0.0530 e. The van der Waals surface area contributed by atoms with Gasteiger partial charge in [-0.15, -0.1) is 0 Å². The van der Waals surface area contributed by atoms with Crippen molar-refractivity contribution in [1.29, 1.82) is 0 Å². The predicted molar refractivity (Wildman–Crippen MR) is 57.6 cm³/mol. The Labute approximate surface area is 83.6 Å². The van der Waals surface area contributed by atoms with E-state index >= 15 is 0 Å². The Bertz CT molecular complexity index is 312. The average Bonchev–Trinajstić information content (AvgIpc) is 2.26. The van der Waals surface area contributed by atoms with Crippen LogP contribution in [0, 0.1) is 6.92 Å². The molecule has 0 saturated carbocycles. The Kier molecular flexibility index (Phi) is 4.14. The van der Waals surface area contributed by atoms with Crippen molar-refractivity contribution >= 4 is 5.69 Å². The molecule has 3 nitrogen and oxygen atoms in total. The summed E-state index contributed by atoms with van der Waals surface area (Å²) >= 11 is 0. The molecule has 0 aliphatic heterocycles. The Morgan fingerprint density at radius 3 is 2.00 bits per heavy atom. The van der Waals surface area contributed by atoms with Gasteiger partial charge in [0.25, 0.3) is 0 Å². The number of nitrogen functional groups attached to an aromatic ring is 1. The molecule has 0 aliphatic carbocycles. The van der Waals surface area contributed by atoms with Crippen molar-refractivity contribution in [3.05, 3.63) is 54.6 Å². The quantitative estimate of drug-likeness (QED) is 0.686. The Balaban J connectivity index is 0.000000146. The Morgan fingerprint density at radius 1 is 1.00 bits per heavy atom. The lowest BCUT2D eigenvalue weighted by molar-refractivity contribution is 1.29. The molecule has 0 saturated heterocycles. The summed E-state index contributed by atoms with van der Waals surface area (Å²) in [7, 11) is 0. The summed E-state index contributed by atoms with van der Waals surface area (Å²) in [6.45, 7) is 1.96. The largest absolute Gasteiger partial charge is 0.397 e. The van der Waals surface area contributed by atoms with Crippen LogP contribution >= 0.6 is 0 Å². The molecule has 2 heterocycles. The summed E-state index contributed by atoms with van der Waals surface area (Å²) in [6.07, 6.45) is 6.88. The molecule has 0 unspecified atom stereocenters. The molecule has 14 heavy (non-hydrogen) atoms. The van der Waals surface area contributed by atoms with E-state index in [1.54, 1.807) is 24.8 Å². The van der Waals surface area contributed by atoms with Crippen LogP contribution in [0.2, 0.25) is 0 Å². The molecule has 2 aromatic heterocycles. The first-order valence-electron chi connectivity index (χ1n) is 4.32. The minimum atomic E-state index is 0.757. The lowest BCUT2D eigenvalue weighted by Gasteiger charge is -1.92. The number of aromatic nitrogens is 2. The second-order valence-corrected chi connectivity index (χ2v) is 2.76. The van der Waals surface area contributed by atoms with Crippen molar-refractivity contribution in [2.75, 3.05) is 5.73 Å². The van der Waals surface area contributed by atoms with E-state index in [0.29, 0.717) is 0 Å². The number of nitrogens with two attached hydrogens (primary N) is 1. The zero-order valence-corrected chi connectivity index (χ0v) is 8.09. The van der Waals surface area contributed by atoms with Gasteiger partial charge in [-0.2, -0.15) is 0 Å². The third-order valence-electron chi connectivity index (χ3n) is 1.65. The molecule has 0 fully saturated rings. The molecule has 0 radical (unpaired) electrons. The minimum absolute atomic E-state index is 0.757. The standard InChI is InChI=1S/C6H8N2.C5H5N/c1-5-2-3-8-4-6(5)7;1-2-4-6-5-3-1/h2-4H,7H2,1H3;1-5H. The lowest BCUT2D eigenvalue weighted by atomic mass is 10.3. The molecule has 3 heteroatoms. The van der Waals surface area contributed by atoms with E-state index in [-0.39, 0.29) is 0 Å². The number of nitrogens with zero attached hydrogens (tertiary/aromatic N) is 2. The van der Waals surface area contributed by atoms with E-state index in [4.69, 9.17) is 5.73 Å². The van der Waals surface area contributed by atoms with Gasteiger partial charge in [0.1, 0.15) is 0 Å². The summed E-state index contributed by atoms with van der Waals surface area (Å²) < 4.78 is 0. The average molecular weight is 187 g/mol. The molecule has 0 bridgehead atoms. The van der Waals surface area contributed by atoms with Crippen LogP contribution in [0.25, 0.3) is 0 Å². The van der Waals surface area contributed by atoms with E-state index in [1.165, 1.54) is 0 Å². The fraction of sp³-hybridized carbons (Fsp3) is 0.0909. The second-order valence-electron chi connectivity index (χ2n) is 2.76. The zero-order chi connectivity index (χ0) is 10.2. The van der Waals surface area contributed by atoms with E-state index < -0.39 is 0 Å². The molecular weight excluding hydrogens is 174 g/mol. The highest BCUT2D eigenvalue weighted by atomic mass is 14.7. The van der Waals surface area contributed by atoms with Gasteiger partial charge < -0.3 is 5.73 Å². The molecule has 2 rings (SSSR count). The summed E-state index contributed by atoms with van der Waals surface area (Å²) in [4.78, 5) is 7.60. The van der Waals surface area contributed by atoms with Crippen molar-refractivity contribution in [3.63, 3.8) is 0 Å². The number of pyridine rings is 2. The number of aryl methyl sites for hydroxylation is 1. The van der Waals surface area contributed by atoms with Crippen LogP contribution in [0.1, 0.15) is 5.56 Å². The summed E-state index contributed by atoms with van der Waals surface area (Å²) in [5.41, 5.74) is 7.30. The first kappa shape index (κ1) is 10.2. The van der Waals surface area contributed by atoms with Crippen LogP contribution in [-0.4, -0.2) is 9.97 Å². The molecule has 0 aromatic carbocycles. The van der Waals surface area contributed by atoms with Crippen molar-refractivity contribution in [2.45, 2.75) is 6.92 Å². The van der Waals surface area contributed by atoms with Gasteiger partial charge in [0.05, 0.1) is 5.69 Å². The van der Waals surface area contributed by atoms with Gasteiger partial charge in [-0.25, -0.2) is 0 Å². The maximum atomic E-state index is 5.46. The number of hydrogen-bond donors (Lipinski definition) is 1. The van der Waals surface area contributed by atoms with Gasteiger partial charge in [0, 0.05) is 24.8 Å². The number of anilines is 1. The summed E-state index contributed by atoms with van der Waals surface area (Å²) in [5, 5.41) is 0. The van der Waals surface area contributed by atoms with E-state index in [9.17, 15) is 0 Å². The van der Waals surface area contributed by atoms with Crippen molar-refractivity contribution < 1.29 is 0 Å². The summed E-state index contributed by atoms with van der Waals surface area (Å²) in [6, 6.07) is 7.60. The SMILES string of the molecule is Cc1ccncc1N.c1ccncc1. The van der Waals surface area contributed by atoms with Gasteiger partial charge in [0.15, 0.2) is 0 Å². The molecular formula is C11H13N3. The molecule has 2 N–H and O–H groups in total. The lowest BCUT2D eigenvalue weighted by Crippen LogP contribution is -1.88. The zero-order valence-electron chi connectivity index (χ0n) is 8.09. The van der Waals surface area contributed by atoms with E-state index in [2.05, 4.69) is 9.97 Å². The minimum Gasteiger partial charge on any atom is -0.397 e. The van der Waals surface area contributed by atoms with Crippen LogP contribution in [0.5, 0.6) is 0 Å². The third-order valence-corrected chi connectivity index (χ3v) is 1.65. The highest BCUT2D eigenvalue weighted by Crippen LogP contribution is 2.04. The van der Waals surface area contributed by atoms with Gasteiger partial charge in [-0.1, -0.05) is 6.07 Å². The molecule has 72 valence electrons. The fourth-order valence-corrected chi connectivity index (χ4v) is 0.789. The highest BCUT2D eigenvalue weighted by Gasteiger charge is 1.85. The molecule has 2 aromatic rings. The van der Waals surface area contributed by atoms with Gasteiger partial charge in [-0.3, -0.25) is 9.97 Å². The number of rotatable bonds is 0. The predicted octanol–water partition coefficient (Wildman–Crippen LogP) is 2.05. The van der Waals surface area contributed by atoms with Crippen LogP contribution in [-0.2, 0) is 0 Å². The maximum absolute atomic E-state index is 5.46. The first-order chi connectivity index (χ1) is 6.80. The van der Waals surface area contributed by atoms with Gasteiger partial charge in [0.2, 0.25) is 0 Å².